The van der Waals surface area contributed by atoms with Gasteiger partial charge in [0.25, 0.3) is 0 Å². The van der Waals surface area contributed by atoms with E-state index in [-0.39, 0.29) is 13.0 Å². The number of rotatable bonds is 3. The van der Waals surface area contributed by atoms with Crippen molar-refractivity contribution >= 4 is 5.97 Å². The van der Waals surface area contributed by atoms with E-state index in [9.17, 15) is 4.79 Å². The van der Waals surface area contributed by atoms with Crippen LogP contribution in [0.2, 0.25) is 0 Å². The fourth-order valence-corrected chi connectivity index (χ4v) is 0.334. The Labute approximate surface area is 60.3 Å². The smallest absolute Gasteiger partial charge is 0.312 e. The lowest BCUT2D eigenvalue weighted by atomic mass is 10.4. The molecule has 0 bridgehead atoms. The molecule has 0 saturated carbocycles. The number of aliphatic hydroxyl groups excluding tert-OH is 1. The molecule has 3 heteroatoms. The zero-order valence-corrected chi connectivity index (χ0v) is 6.26. The van der Waals surface area contributed by atoms with E-state index in [1.807, 2.05) is 13.8 Å². The number of allylic oxidation sites excluding steroid dienone is 1. The fourth-order valence-electron chi connectivity index (χ4n) is 0.334. The molecular formula is C7H12O3. The van der Waals surface area contributed by atoms with Gasteiger partial charge >= 0.3 is 5.97 Å². The Balaban J connectivity index is 3.49. The highest BCUT2D eigenvalue weighted by Crippen LogP contribution is 1.91. The van der Waals surface area contributed by atoms with Gasteiger partial charge in [0.05, 0.1) is 19.3 Å². The molecule has 58 valence electrons. The molecule has 0 aromatic carbocycles. The van der Waals surface area contributed by atoms with Crippen LogP contribution in [-0.4, -0.2) is 17.7 Å². The van der Waals surface area contributed by atoms with Crippen molar-refractivity contribution in [3.8, 4) is 0 Å². The highest BCUT2D eigenvalue weighted by molar-refractivity contribution is 5.70. The maximum absolute atomic E-state index is 10.5. The van der Waals surface area contributed by atoms with Crippen molar-refractivity contribution in [3.63, 3.8) is 0 Å². The minimum absolute atomic E-state index is 0.0593. The van der Waals surface area contributed by atoms with Crippen molar-refractivity contribution in [2.75, 3.05) is 6.61 Å². The van der Waals surface area contributed by atoms with Crippen molar-refractivity contribution < 1.29 is 14.6 Å². The minimum Gasteiger partial charge on any atom is -0.434 e. The van der Waals surface area contributed by atoms with E-state index in [0.717, 1.165) is 5.57 Å². The maximum atomic E-state index is 10.5. The van der Waals surface area contributed by atoms with Crippen LogP contribution in [0.3, 0.4) is 0 Å². The first-order valence-corrected chi connectivity index (χ1v) is 3.10. The Hall–Kier alpha value is -0.830. The van der Waals surface area contributed by atoms with Crippen molar-refractivity contribution in [3.05, 3.63) is 11.8 Å². The average Bonchev–Trinajstić information content (AvgIpc) is 1.85. The molecule has 0 atom stereocenters. The van der Waals surface area contributed by atoms with Crippen molar-refractivity contribution in [2.45, 2.75) is 20.3 Å². The van der Waals surface area contributed by atoms with E-state index < -0.39 is 5.97 Å². The van der Waals surface area contributed by atoms with Crippen LogP contribution in [0.25, 0.3) is 0 Å². The Morgan fingerprint density at radius 1 is 1.60 bits per heavy atom. The third-order valence-electron chi connectivity index (χ3n) is 0.742. The number of hydrogen-bond donors (Lipinski definition) is 1. The molecule has 1 N–H and O–H groups in total. The van der Waals surface area contributed by atoms with E-state index in [2.05, 4.69) is 4.74 Å². The highest BCUT2D eigenvalue weighted by Gasteiger charge is 1.97. The molecule has 0 radical (unpaired) electrons. The topological polar surface area (TPSA) is 46.5 Å². The van der Waals surface area contributed by atoms with Crippen LogP contribution in [0.15, 0.2) is 11.8 Å². The SMILES string of the molecule is CC(C)=COC(=O)CCO. The number of carbonyl (C=O) groups excluding carboxylic acids is 1. The minimum atomic E-state index is -0.399. The monoisotopic (exact) mass is 144 g/mol. The molecule has 0 saturated heterocycles. The summed E-state index contributed by atoms with van der Waals surface area (Å²) >= 11 is 0. The van der Waals surface area contributed by atoms with Gasteiger partial charge in [-0.15, -0.1) is 0 Å². The summed E-state index contributed by atoms with van der Waals surface area (Å²) in [5.74, 6) is -0.399. The van der Waals surface area contributed by atoms with Crippen LogP contribution in [0.4, 0.5) is 0 Å². The van der Waals surface area contributed by atoms with E-state index in [0.29, 0.717) is 0 Å². The first-order chi connectivity index (χ1) is 4.66. The fraction of sp³-hybridized carbons (Fsp3) is 0.571. The standard InChI is InChI=1S/C7H12O3/c1-6(2)5-10-7(9)3-4-8/h5,8H,3-4H2,1-2H3. The van der Waals surface area contributed by atoms with Crippen LogP contribution in [0.1, 0.15) is 20.3 Å². The summed E-state index contributed by atoms with van der Waals surface area (Å²) in [6, 6.07) is 0. The van der Waals surface area contributed by atoms with Gasteiger partial charge in [0.1, 0.15) is 0 Å². The Morgan fingerprint density at radius 3 is 2.60 bits per heavy atom. The highest BCUT2D eigenvalue weighted by atomic mass is 16.5. The number of aliphatic hydroxyl groups is 1. The normalized spacial score (nSPS) is 8.70. The first-order valence-electron chi connectivity index (χ1n) is 3.10. The van der Waals surface area contributed by atoms with Gasteiger partial charge < -0.3 is 9.84 Å². The molecule has 10 heavy (non-hydrogen) atoms. The second-order valence-electron chi connectivity index (χ2n) is 2.16. The third kappa shape index (κ3) is 5.31. The molecule has 0 spiro atoms. The molecule has 0 fully saturated rings. The summed E-state index contributed by atoms with van der Waals surface area (Å²) in [4.78, 5) is 10.5. The van der Waals surface area contributed by atoms with E-state index in [1.54, 1.807) is 0 Å². The molecule has 0 amide bonds. The van der Waals surface area contributed by atoms with Gasteiger partial charge in [0.2, 0.25) is 0 Å². The number of esters is 1. The summed E-state index contributed by atoms with van der Waals surface area (Å²) in [6.07, 6.45) is 1.43. The first kappa shape index (κ1) is 9.17. The van der Waals surface area contributed by atoms with E-state index >= 15 is 0 Å². The molecule has 0 aliphatic carbocycles. The van der Waals surface area contributed by atoms with Crippen LogP contribution >= 0.6 is 0 Å². The lowest BCUT2D eigenvalue weighted by Crippen LogP contribution is -2.01. The summed E-state index contributed by atoms with van der Waals surface area (Å²) < 4.78 is 4.58. The predicted octanol–water partition coefficient (Wildman–Crippen LogP) is 0.836. The number of ether oxygens (including phenoxy) is 1. The van der Waals surface area contributed by atoms with Gasteiger partial charge in [-0.2, -0.15) is 0 Å². The summed E-state index contributed by atoms with van der Waals surface area (Å²) in [7, 11) is 0. The predicted molar refractivity (Wildman–Crippen MR) is 37.2 cm³/mol. The Bertz CT molecular complexity index is 134. The number of carbonyl (C=O) groups is 1. The quantitative estimate of drug-likeness (QED) is 0.471. The van der Waals surface area contributed by atoms with Gasteiger partial charge in [-0.05, 0) is 19.4 Å². The van der Waals surface area contributed by atoms with Crippen LogP contribution in [-0.2, 0) is 9.53 Å². The zero-order valence-electron chi connectivity index (χ0n) is 6.26. The molecule has 0 aromatic heterocycles. The molecule has 3 nitrogen and oxygen atoms in total. The van der Waals surface area contributed by atoms with Gasteiger partial charge in [-0.3, -0.25) is 4.79 Å². The summed E-state index contributed by atoms with van der Waals surface area (Å²) in [6.45, 7) is 3.49. The molecule has 0 rings (SSSR count). The lowest BCUT2D eigenvalue weighted by molar-refractivity contribution is -0.138. The maximum Gasteiger partial charge on any atom is 0.312 e. The average molecular weight is 144 g/mol. The molecule has 0 aliphatic heterocycles. The van der Waals surface area contributed by atoms with Gasteiger partial charge in [0.15, 0.2) is 0 Å². The summed E-state index contributed by atoms with van der Waals surface area (Å²) in [5.41, 5.74) is 0.922. The van der Waals surface area contributed by atoms with Crippen LogP contribution in [0, 0.1) is 0 Å². The Kier molecular flexibility index (Phi) is 4.58. The number of hydrogen-bond acceptors (Lipinski definition) is 3. The summed E-state index contributed by atoms with van der Waals surface area (Å²) in [5, 5.41) is 8.28. The molecule has 0 aliphatic rings. The molecule has 0 heterocycles. The van der Waals surface area contributed by atoms with Gasteiger partial charge in [0, 0.05) is 0 Å². The van der Waals surface area contributed by atoms with Crippen molar-refractivity contribution in [2.24, 2.45) is 0 Å². The van der Waals surface area contributed by atoms with Crippen molar-refractivity contribution in [1.29, 1.82) is 0 Å². The second-order valence-corrected chi connectivity index (χ2v) is 2.16. The lowest BCUT2D eigenvalue weighted by Gasteiger charge is -1.95. The molecule has 0 aromatic rings. The molecular weight excluding hydrogens is 132 g/mol. The van der Waals surface area contributed by atoms with Gasteiger partial charge in [-0.1, -0.05) is 0 Å². The molecule has 0 unspecified atom stereocenters. The second kappa shape index (κ2) is 4.99. The van der Waals surface area contributed by atoms with E-state index in [1.165, 1.54) is 6.26 Å². The van der Waals surface area contributed by atoms with Crippen LogP contribution in [0.5, 0.6) is 0 Å². The zero-order chi connectivity index (χ0) is 7.98. The van der Waals surface area contributed by atoms with E-state index in [4.69, 9.17) is 5.11 Å². The largest absolute Gasteiger partial charge is 0.434 e. The van der Waals surface area contributed by atoms with Crippen LogP contribution < -0.4 is 0 Å². The Morgan fingerprint density at radius 2 is 2.20 bits per heavy atom. The van der Waals surface area contributed by atoms with Gasteiger partial charge in [-0.25, -0.2) is 0 Å². The van der Waals surface area contributed by atoms with Crippen molar-refractivity contribution in [1.82, 2.24) is 0 Å². The third-order valence-corrected chi connectivity index (χ3v) is 0.742.